The molecular weight excluding hydrogens is 352 g/mol. The van der Waals surface area contributed by atoms with E-state index in [0.29, 0.717) is 5.69 Å². The fraction of sp³-hybridized carbons (Fsp3) is 0.136. The first-order chi connectivity index (χ1) is 13.4. The number of hydrogen-bond acceptors (Lipinski definition) is 3. The van der Waals surface area contributed by atoms with Gasteiger partial charge < -0.3 is 10.6 Å². The van der Waals surface area contributed by atoms with Gasteiger partial charge in [0.25, 0.3) is 5.91 Å². The van der Waals surface area contributed by atoms with E-state index >= 15 is 0 Å². The van der Waals surface area contributed by atoms with Crippen molar-refractivity contribution >= 4 is 23.6 Å². The van der Waals surface area contributed by atoms with Crippen LogP contribution in [0.2, 0.25) is 0 Å². The molecule has 1 heterocycles. The zero-order chi connectivity index (χ0) is 20.1. The van der Waals surface area contributed by atoms with E-state index in [1.165, 1.54) is 6.92 Å². The van der Waals surface area contributed by atoms with E-state index in [2.05, 4.69) is 15.7 Å². The van der Waals surface area contributed by atoms with Crippen molar-refractivity contribution in [3.63, 3.8) is 0 Å². The van der Waals surface area contributed by atoms with Crippen LogP contribution in [0.25, 0.3) is 11.8 Å². The van der Waals surface area contributed by atoms with Crippen molar-refractivity contribution < 1.29 is 9.59 Å². The summed E-state index contributed by atoms with van der Waals surface area (Å²) in [6.07, 6.45) is 1.64. The molecule has 3 rings (SSSR count). The highest BCUT2D eigenvalue weighted by Crippen LogP contribution is 2.17. The van der Waals surface area contributed by atoms with Gasteiger partial charge in [-0.3, -0.25) is 9.59 Å². The molecule has 142 valence electrons. The fourth-order valence-corrected chi connectivity index (χ4v) is 2.87. The van der Waals surface area contributed by atoms with Gasteiger partial charge in [-0.05, 0) is 49.8 Å². The highest BCUT2D eigenvalue weighted by Gasteiger charge is 2.12. The lowest BCUT2D eigenvalue weighted by Crippen LogP contribution is -2.29. The summed E-state index contributed by atoms with van der Waals surface area (Å²) in [5.74, 6) is -0.710. The Kier molecular flexibility index (Phi) is 5.69. The highest BCUT2D eigenvalue weighted by atomic mass is 16.2. The lowest BCUT2D eigenvalue weighted by atomic mass is 10.2. The van der Waals surface area contributed by atoms with Gasteiger partial charge in [0.15, 0.2) is 0 Å². The molecule has 2 amide bonds. The largest absolute Gasteiger partial charge is 0.322 e. The third-order valence-corrected chi connectivity index (χ3v) is 4.02. The predicted molar refractivity (Wildman–Crippen MR) is 110 cm³/mol. The van der Waals surface area contributed by atoms with Crippen molar-refractivity contribution in [2.45, 2.75) is 20.8 Å². The number of nitrogens with zero attached hydrogens (tertiary/aromatic N) is 2. The van der Waals surface area contributed by atoms with Crippen LogP contribution in [0, 0.1) is 13.8 Å². The zero-order valence-electron chi connectivity index (χ0n) is 16.1. The number of benzene rings is 2. The minimum atomic E-state index is -0.399. The predicted octanol–water partition coefficient (Wildman–Crippen LogP) is 3.60. The lowest BCUT2D eigenvalue weighted by molar-refractivity contribution is -0.120. The number of rotatable bonds is 5. The van der Waals surface area contributed by atoms with Crippen molar-refractivity contribution in [1.29, 1.82) is 0 Å². The maximum atomic E-state index is 12.8. The van der Waals surface area contributed by atoms with Gasteiger partial charge in [0.1, 0.15) is 5.70 Å². The van der Waals surface area contributed by atoms with Crippen LogP contribution in [0.5, 0.6) is 0 Å². The Balaban J connectivity index is 1.86. The van der Waals surface area contributed by atoms with Gasteiger partial charge in [-0.1, -0.05) is 36.4 Å². The van der Waals surface area contributed by atoms with E-state index in [1.807, 2.05) is 73.1 Å². The molecule has 28 heavy (non-hydrogen) atoms. The van der Waals surface area contributed by atoms with Crippen molar-refractivity contribution in [3.05, 3.63) is 83.3 Å². The molecular formula is C22H22N4O2. The zero-order valence-corrected chi connectivity index (χ0v) is 16.1. The average molecular weight is 374 g/mol. The number of hydrogen-bond donors (Lipinski definition) is 2. The summed E-state index contributed by atoms with van der Waals surface area (Å²) in [7, 11) is 0. The molecule has 0 radical (unpaired) electrons. The first-order valence-electron chi connectivity index (χ1n) is 8.92. The molecule has 0 aliphatic carbocycles. The third kappa shape index (κ3) is 4.73. The van der Waals surface area contributed by atoms with Crippen molar-refractivity contribution in [2.75, 3.05) is 5.32 Å². The number of nitrogens with one attached hydrogen (secondary N) is 2. The second-order valence-corrected chi connectivity index (χ2v) is 6.49. The molecule has 3 aromatic rings. The van der Waals surface area contributed by atoms with Crippen molar-refractivity contribution in [3.8, 4) is 5.69 Å². The first-order valence-corrected chi connectivity index (χ1v) is 8.92. The Hall–Kier alpha value is -3.67. The summed E-state index contributed by atoms with van der Waals surface area (Å²) in [4.78, 5) is 24.3. The van der Waals surface area contributed by atoms with Gasteiger partial charge in [-0.15, -0.1) is 0 Å². The Bertz CT molecular complexity index is 1040. The molecule has 0 bridgehead atoms. The number of aryl methyl sites for hydroxylation is 2. The summed E-state index contributed by atoms with van der Waals surface area (Å²) in [6, 6.07) is 18.7. The van der Waals surface area contributed by atoms with E-state index in [4.69, 9.17) is 0 Å². The number of anilines is 1. The smallest absolute Gasteiger partial charge is 0.272 e. The van der Waals surface area contributed by atoms with E-state index in [9.17, 15) is 9.59 Å². The van der Waals surface area contributed by atoms with Gasteiger partial charge in [0, 0.05) is 18.3 Å². The quantitative estimate of drug-likeness (QED) is 0.670. The molecule has 2 N–H and O–H groups in total. The van der Waals surface area contributed by atoms with Gasteiger partial charge in [-0.25, -0.2) is 4.68 Å². The molecule has 0 saturated carbocycles. The minimum absolute atomic E-state index is 0.176. The normalized spacial score (nSPS) is 11.2. The number of aromatic nitrogens is 2. The monoisotopic (exact) mass is 374 g/mol. The topological polar surface area (TPSA) is 76.0 Å². The van der Waals surface area contributed by atoms with E-state index in [1.54, 1.807) is 12.1 Å². The van der Waals surface area contributed by atoms with Gasteiger partial charge in [-0.2, -0.15) is 5.10 Å². The molecule has 0 aliphatic heterocycles. The fourth-order valence-electron chi connectivity index (χ4n) is 2.87. The van der Waals surface area contributed by atoms with Crippen LogP contribution in [-0.4, -0.2) is 21.6 Å². The van der Waals surface area contributed by atoms with Crippen LogP contribution in [0.3, 0.4) is 0 Å². The van der Waals surface area contributed by atoms with E-state index in [-0.39, 0.29) is 11.6 Å². The van der Waals surface area contributed by atoms with Crippen LogP contribution in [0.4, 0.5) is 5.69 Å². The minimum Gasteiger partial charge on any atom is -0.322 e. The second kappa shape index (κ2) is 8.35. The third-order valence-electron chi connectivity index (χ3n) is 4.02. The first kappa shape index (κ1) is 19.1. The molecule has 0 fully saturated rings. The maximum Gasteiger partial charge on any atom is 0.272 e. The summed E-state index contributed by atoms with van der Waals surface area (Å²) < 4.78 is 1.82. The molecule has 0 aliphatic rings. The van der Waals surface area contributed by atoms with Gasteiger partial charge in [0.2, 0.25) is 5.91 Å². The van der Waals surface area contributed by atoms with Gasteiger partial charge >= 0.3 is 0 Å². The molecule has 6 heteroatoms. The van der Waals surface area contributed by atoms with E-state index < -0.39 is 5.91 Å². The van der Waals surface area contributed by atoms with Crippen LogP contribution in [-0.2, 0) is 9.59 Å². The molecule has 2 aromatic carbocycles. The number of carbonyl (C=O) groups is 2. The van der Waals surface area contributed by atoms with Crippen LogP contribution in [0.1, 0.15) is 23.9 Å². The van der Waals surface area contributed by atoms with Gasteiger partial charge in [0.05, 0.1) is 11.4 Å². The summed E-state index contributed by atoms with van der Waals surface area (Å²) in [5, 5.41) is 9.91. The Morgan fingerprint density at radius 2 is 1.75 bits per heavy atom. The Morgan fingerprint density at radius 1 is 1.00 bits per heavy atom. The lowest BCUT2D eigenvalue weighted by Gasteiger charge is -2.11. The molecule has 0 atom stereocenters. The van der Waals surface area contributed by atoms with Crippen LogP contribution < -0.4 is 10.6 Å². The average Bonchev–Trinajstić information content (AvgIpc) is 3.00. The SMILES string of the molecule is CC(=O)N/C(=C/c1ccccc1)C(=O)Nc1cccc(-n2nc(C)cc2C)c1. The van der Waals surface area contributed by atoms with Crippen LogP contribution >= 0.6 is 0 Å². The highest BCUT2D eigenvalue weighted by molar-refractivity contribution is 6.08. The summed E-state index contributed by atoms with van der Waals surface area (Å²) >= 11 is 0. The number of amides is 2. The Morgan fingerprint density at radius 3 is 2.39 bits per heavy atom. The van der Waals surface area contributed by atoms with Crippen LogP contribution in [0.15, 0.2) is 66.4 Å². The summed E-state index contributed by atoms with van der Waals surface area (Å²) in [6.45, 7) is 5.28. The molecule has 1 aromatic heterocycles. The second-order valence-electron chi connectivity index (χ2n) is 6.49. The number of carbonyl (C=O) groups excluding carboxylic acids is 2. The van der Waals surface area contributed by atoms with Crippen molar-refractivity contribution in [2.24, 2.45) is 0 Å². The molecule has 0 saturated heterocycles. The molecule has 0 unspecified atom stereocenters. The molecule has 6 nitrogen and oxygen atoms in total. The van der Waals surface area contributed by atoms with Crippen molar-refractivity contribution in [1.82, 2.24) is 15.1 Å². The Labute approximate surface area is 163 Å². The molecule has 0 spiro atoms. The van der Waals surface area contributed by atoms with E-state index in [0.717, 1.165) is 22.6 Å². The summed E-state index contributed by atoms with van der Waals surface area (Å²) in [5.41, 5.74) is 4.37. The standard InChI is InChI=1S/C22H22N4O2/c1-15-12-16(2)26(25-15)20-11-7-10-19(14-20)24-22(28)21(23-17(3)27)13-18-8-5-4-6-9-18/h4-14H,1-3H3,(H,23,27)(H,24,28)/b21-13+. The maximum absolute atomic E-state index is 12.8.